The van der Waals surface area contributed by atoms with Gasteiger partial charge in [-0.3, -0.25) is 5.32 Å². The van der Waals surface area contributed by atoms with E-state index in [4.69, 9.17) is 16.3 Å². The molecule has 0 aliphatic carbocycles. The summed E-state index contributed by atoms with van der Waals surface area (Å²) in [6.45, 7) is 5.96. The van der Waals surface area contributed by atoms with Crippen molar-refractivity contribution in [3.8, 4) is 0 Å². The zero-order valence-corrected chi connectivity index (χ0v) is 10.8. The van der Waals surface area contributed by atoms with E-state index in [0.717, 1.165) is 0 Å². The number of ether oxygens (including phenoxy) is 1. The first-order valence-electron chi connectivity index (χ1n) is 5.56. The number of hydrogen-bond acceptors (Lipinski definition) is 3. The maximum atomic E-state index is 13.0. The summed E-state index contributed by atoms with van der Waals surface area (Å²) in [5, 5.41) is 3.12. The lowest BCUT2D eigenvalue weighted by Crippen LogP contribution is -2.30. The van der Waals surface area contributed by atoms with E-state index < -0.39 is 17.8 Å². The van der Waals surface area contributed by atoms with Crippen LogP contribution in [0.5, 0.6) is 0 Å². The SMILES string of the molecule is C=CCNC(C(=O)OCC)c1ccc(F)cc1Cl. The highest BCUT2D eigenvalue weighted by Crippen LogP contribution is 2.24. The monoisotopic (exact) mass is 271 g/mol. The second kappa shape index (κ2) is 7.13. The van der Waals surface area contributed by atoms with Crippen LogP contribution in [0, 0.1) is 5.82 Å². The molecule has 0 aliphatic rings. The smallest absolute Gasteiger partial charge is 0.327 e. The van der Waals surface area contributed by atoms with Gasteiger partial charge >= 0.3 is 5.97 Å². The third-order valence-corrected chi connectivity index (χ3v) is 2.59. The predicted octanol–water partition coefficient (Wildman–Crippen LogP) is 2.86. The number of benzene rings is 1. The van der Waals surface area contributed by atoms with Gasteiger partial charge in [0.05, 0.1) is 6.61 Å². The van der Waals surface area contributed by atoms with Crippen LogP contribution in [0.25, 0.3) is 0 Å². The molecule has 1 atom stereocenters. The third kappa shape index (κ3) is 3.82. The molecule has 1 aromatic carbocycles. The van der Waals surface area contributed by atoms with Crippen molar-refractivity contribution in [3.05, 3.63) is 47.3 Å². The Kier molecular flexibility index (Phi) is 5.82. The van der Waals surface area contributed by atoms with Crippen molar-refractivity contribution < 1.29 is 13.9 Å². The molecule has 98 valence electrons. The second-order valence-electron chi connectivity index (χ2n) is 3.55. The first kappa shape index (κ1) is 14.7. The van der Waals surface area contributed by atoms with Crippen LogP contribution in [-0.2, 0) is 9.53 Å². The van der Waals surface area contributed by atoms with Crippen LogP contribution >= 0.6 is 11.6 Å². The Balaban J connectivity index is 3.00. The Morgan fingerprint density at radius 2 is 2.39 bits per heavy atom. The van der Waals surface area contributed by atoms with Crippen LogP contribution < -0.4 is 5.32 Å². The van der Waals surface area contributed by atoms with Crippen molar-refractivity contribution in [1.29, 1.82) is 0 Å². The first-order valence-corrected chi connectivity index (χ1v) is 5.93. The number of carbonyl (C=O) groups excluding carboxylic acids is 1. The molecule has 0 amide bonds. The molecule has 3 nitrogen and oxygen atoms in total. The Morgan fingerprint density at radius 3 is 2.94 bits per heavy atom. The highest BCUT2D eigenvalue weighted by molar-refractivity contribution is 6.31. The largest absolute Gasteiger partial charge is 0.465 e. The van der Waals surface area contributed by atoms with Gasteiger partial charge in [-0.1, -0.05) is 23.7 Å². The minimum Gasteiger partial charge on any atom is -0.465 e. The van der Waals surface area contributed by atoms with E-state index in [1.165, 1.54) is 18.2 Å². The summed E-state index contributed by atoms with van der Waals surface area (Å²) in [5.41, 5.74) is 0.485. The number of rotatable bonds is 6. The van der Waals surface area contributed by atoms with Crippen molar-refractivity contribution in [2.24, 2.45) is 0 Å². The molecule has 1 unspecified atom stereocenters. The van der Waals surface area contributed by atoms with Gasteiger partial charge in [-0.15, -0.1) is 6.58 Å². The number of carbonyl (C=O) groups is 1. The predicted molar refractivity (Wildman–Crippen MR) is 69.0 cm³/mol. The van der Waals surface area contributed by atoms with Crippen molar-refractivity contribution in [2.45, 2.75) is 13.0 Å². The lowest BCUT2D eigenvalue weighted by atomic mass is 10.1. The molecule has 18 heavy (non-hydrogen) atoms. The average molecular weight is 272 g/mol. The van der Waals surface area contributed by atoms with Gasteiger partial charge in [0.2, 0.25) is 0 Å². The minimum atomic E-state index is -0.726. The topological polar surface area (TPSA) is 38.3 Å². The van der Waals surface area contributed by atoms with Crippen LogP contribution in [0.3, 0.4) is 0 Å². The van der Waals surface area contributed by atoms with Gasteiger partial charge < -0.3 is 4.74 Å². The molecule has 1 aromatic rings. The molecule has 5 heteroatoms. The van der Waals surface area contributed by atoms with Crippen molar-refractivity contribution in [1.82, 2.24) is 5.32 Å². The van der Waals surface area contributed by atoms with E-state index in [-0.39, 0.29) is 11.6 Å². The van der Waals surface area contributed by atoms with Gasteiger partial charge in [-0.25, -0.2) is 9.18 Å². The summed E-state index contributed by atoms with van der Waals surface area (Å²) in [7, 11) is 0. The van der Waals surface area contributed by atoms with Crippen LogP contribution in [-0.4, -0.2) is 19.1 Å². The molecule has 0 saturated heterocycles. The van der Waals surface area contributed by atoms with Crippen LogP contribution in [0.4, 0.5) is 4.39 Å². The summed E-state index contributed by atoms with van der Waals surface area (Å²) < 4.78 is 17.9. The van der Waals surface area contributed by atoms with Gasteiger partial charge in [-0.05, 0) is 24.6 Å². The number of halogens is 2. The standard InChI is InChI=1S/C13H15ClFNO2/c1-3-7-16-12(13(17)18-4-2)10-6-5-9(15)8-11(10)14/h3,5-6,8,12,16H,1,4,7H2,2H3. The highest BCUT2D eigenvalue weighted by atomic mass is 35.5. The molecule has 0 spiro atoms. The summed E-state index contributed by atoms with van der Waals surface area (Å²) in [4.78, 5) is 11.8. The van der Waals surface area contributed by atoms with Crippen LogP contribution in [0.15, 0.2) is 30.9 Å². The molecule has 0 saturated carbocycles. The minimum absolute atomic E-state index is 0.185. The molecule has 1 rings (SSSR count). The Morgan fingerprint density at radius 1 is 1.67 bits per heavy atom. The fourth-order valence-electron chi connectivity index (χ4n) is 1.48. The summed E-state index contributed by atoms with van der Waals surface area (Å²) in [6.07, 6.45) is 1.61. The van der Waals surface area contributed by atoms with Crippen LogP contribution in [0.1, 0.15) is 18.5 Å². The van der Waals surface area contributed by atoms with Gasteiger partial charge in [0, 0.05) is 11.6 Å². The van der Waals surface area contributed by atoms with E-state index in [1.54, 1.807) is 13.0 Å². The number of nitrogens with one attached hydrogen (secondary N) is 1. The van der Waals surface area contributed by atoms with Gasteiger partial charge in [0.25, 0.3) is 0 Å². The summed E-state index contributed by atoms with van der Waals surface area (Å²) in [5.74, 6) is -0.900. The first-order chi connectivity index (χ1) is 8.60. The molecule has 0 radical (unpaired) electrons. The van der Waals surface area contributed by atoms with Gasteiger partial charge in [-0.2, -0.15) is 0 Å². The number of hydrogen-bond donors (Lipinski definition) is 1. The Hall–Kier alpha value is -1.39. The van der Waals surface area contributed by atoms with Gasteiger partial charge in [0.1, 0.15) is 11.9 Å². The lowest BCUT2D eigenvalue weighted by molar-refractivity contribution is -0.145. The molecule has 0 bridgehead atoms. The maximum absolute atomic E-state index is 13.0. The van der Waals surface area contributed by atoms with Crippen LogP contribution in [0.2, 0.25) is 5.02 Å². The van der Waals surface area contributed by atoms with Crippen molar-refractivity contribution in [2.75, 3.05) is 13.2 Å². The zero-order chi connectivity index (χ0) is 13.5. The Labute approximate surface area is 111 Å². The molecule has 0 fully saturated rings. The highest BCUT2D eigenvalue weighted by Gasteiger charge is 2.23. The number of esters is 1. The van der Waals surface area contributed by atoms with Crippen molar-refractivity contribution >= 4 is 17.6 Å². The zero-order valence-electron chi connectivity index (χ0n) is 10.1. The van der Waals surface area contributed by atoms with Crippen molar-refractivity contribution in [3.63, 3.8) is 0 Å². The molecular formula is C13H15ClFNO2. The lowest BCUT2D eigenvalue weighted by Gasteiger charge is -2.17. The fraction of sp³-hybridized carbons (Fsp3) is 0.308. The molecule has 0 aliphatic heterocycles. The molecule has 1 N–H and O–H groups in total. The van der Waals surface area contributed by atoms with E-state index in [0.29, 0.717) is 12.1 Å². The molecule has 0 aromatic heterocycles. The molecular weight excluding hydrogens is 257 g/mol. The Bertz CT molecular complexity index is 437. The normalized spacial score (nSPS) is 11.9. The second-order valence-corrected chi connectivity index (χ2v) is 3.96. The fourth-order valence-corrected chi connectivity index (χ4v) is 1.76. The quantitative estimate of drug-likeness (QED) is 0.639. The molecule has 0 heterocycles. The van der Waals surface area contributed by atoms with Gasteiger partial charge in [0.15, 0.2) is 0 Å². The van der Waals surface area contributed by atoms with E-state index >= 15 is 0 Å². The summed E-state index contributed by atoms with van der Waals surface area (Å²) in [6, 6.07) is 3.16. The van der Waals surface area contributed by atoms with E-state index in [9.17, 15) is 9.18 Å². The van der Waals surface area contributed by atoms with E-state index in [2.05, 4.69) is 11.9 Å². The average Bonchev–Trinajstić information content (AvgIpc) is 2.32. The van der Waals surface area contributed by atoms with E-state index in [1.807, 2.05) is 0 Å². The third-order valence-electron chi connectivity index (χ3n) is 2.26. The summed E-state index contributed by atoms with van der Waals surface area (Å²) >= 11 is 5.93. The maximum Gasteiger partial charge on any atom is 0.327 e.